The maximum atomic E-state index is 13.1. The van der Waals surface area contributed by atoms with E-state index in [4.69, 9.17) is 14.6 Å². The lowest BCUT2D eigenvalue weighted by Crippen LogP contribution is -2.21. The second-order valence-corrected chi connectivity index (χ2v) is 10.1. The van der Waals surface area contributed by atoms with Gasteiger partial charge in [-0.2, -0.15) is 10.1 Å². The Hall–Kier alpha value is -3.47. The lowest BCUT2D eigenvalue weighted by atomic mass is 10.1. The summed E-state index contributed by atoms with van der Waals surface area (Å²) < 4.78 is 35.2. The number of carbonyl (C=O) groups is 1. The van der Waals surface area contributed by atoms with Crippen LogP contribution in [0.25, 0.3) is 6.08 Å². The minimum Gasteiger partial charge on any atom is -0.493 e. The predicted molar refractivity (Wildman–Crippen MR) is 138 cm³/mol. The Morgan fingerprint density at radius 3 is 2.40 bits per heavy atom. The highest BCUT2D eigenvalue weighted by Gasteiger charge is 2.29. The Balaban J connectivity index is 1.58. The van der Waals surface area contributed by atoms with Crippen LogP contribution in [0.1, 0.15) is 18.1 Å². The van der Waals surface area contributed by atoms with Crippen LogP contribution < -0.4 is 19.6 Å². The van der Waals surface area contributed by atoms with E-state index in [0.717, 1.165) is 5.56 Å². The molecular weight excluding hydrogens is 534 g/mol. The Morgan fingerprint density at radius 2 is 1.77 bits per heavy atom. The molecule has 10 heteroatoms. The summed E-state index contributed by atoms with van der Waals surface area (Å²) in [6, 6.07) is 19.0. The van der Waals surface area contributed by atoms with Crippen molar-refractivity contribution in [1.82, 2.24) is 0 Å². The van der Waals surface area contributed by atoms with E-state index >= 15 is 0 Å². The summed E-state index contributed by atoms with van der Waals surface area (Å²) in [5, 5.41) is 10.7. The van der Waals surface area contributed by atoms with Crippen LogP contribution in [0.4, 0.5) is 5.69 Å². The fourth-order valence-electron chi connectivity index (χ4n) is 3.50. The molecule has 0 saturated carbocycles. The van der Waals surface area contributed by atoms with Gasteiger partial charge in [0.05, 0.1) is 33.5 Å². The number of anilines is 1. The molecular formula is C25H22BrN3O5S. The van der Waals surface area contributed by atoms with Crippen LogP contribution in [-0.2, 0) is 21.4 Å². The van der Waals surface area contributed by atoms with Crippen molar-refractivity contribution in [2.75, 3.05) is 12.1 Å². The second-order valence-electron chi connectivity index (χ2n) is 7.71. The molecule has 0 atom stereocenters. The number of halogens is 1. The highest BCUT2D eigenvalue weighted by atomic mass is 79.9. The molecule has 1 amide bonds. The number of hydrazone groups is 1. The third-order valence-electron chi connectivity index (χ3n) is 5.26. The number of methoxy groups -OCH3 is 1. The number of ether oxygens (including phenoxy) is 2. The first kappa shape index (κ1) is 24.6. The average Bonchev–Trinajstić information content (AvgIpc) is 3.11. The van der Waals surface area contributed by atoms with Gasteiger partial charge in [0, 0.05) is 0 Å². The molecule has 2 N–H and O–H groups in total. The van der Waals surface area contributed by atoms with Gasteiger partial charge in [-0.15, -0.1) is 0 Å². The molecule has 0 aliphatic carbocycles. The quantitative estimate of drug-likeness (QED) is 0.431. The number of nitrogens with zero attached hydrogens (tertiary/aromatic N) is 2. The standard InChI is InChI=1S/C25H22BrN3O5S/c1-16-21(25(30)29(28-16)19-8-10-20(11-9-19)35(27,31)32)12-18-13-22(26)24(23(14-18)33-2)34-15-17-6-4-3-5-7-17/h3-14H,15H2,1-2H3,(H2,27,31,32). The van der Waals surface area contributed by atoms with Crippen molar-refractivity contribution in [3.05, 3.63) is 87.9 Å². The summed E-state index contributed by atoms with van der Waals surface area (Å²) in [7, 11) is -2.28. The fraction of sp³-hybridized carbons (Fsp3) is 0.120. The van der Waals surface area contributed by atoms with Crippen LogP contribution in [0.3, 0.4) is 0 Å². The molecule has 8 nitrogen and oxygen atoms in total. The first-order valence-corrected chi connectivity index (χ1v) is 12.8. The number of amides is 1. The van der Waals surface area contributed by atoms with Gasteiger partial charge in [0.2, 0.25) is 10.0 Å². The van der Waals surface area contributed by atoms with E-state index < -0.39 is 10.0 Å². The number of hydrogen-bond donors (Lipinski definition) is 1. The fourth-order valence-corrected chi connectivity index (χ4v) is 4.59. The number of sulfonamides is 1. The largest absolute Gasteiger partial charge is 0.493 e. The normalized spacial score (nSPS) is 14.9. The molecule has 35 heavy (non-hydrogen) atoms. The monoisotopic (exact) mass is 555 g/mol. The van der Waals surface area contributed by atoms with Crippen molar-refractivity contribution in [3.63, 3.8) is 0 Å². The minimum absolute atomic E-state index is 0.0455. The van der Waals surface area contributed by atoms with Gasteiger partial charge in [0.1, 0.15) is 6.61 Å². The summed E-state index contributed by atoms with van der Waals surface area (Å²) in [4.78, 5) is 13.1. The Bertz CT molecular complexity index is 1440. The first-order valence-electron chi connectivity index (χ1n) is 10.5. The minimum atomic E-state index is -3.83. The topological polar surface area (TPSA) is 111 Å². The van der Waals surface area contributed by atoms with Gasteiger partial charge in [0.15, 0.2) is 11.5 Å². The van der Waals surface area contributed by atoms with E-state index in [1.165, 1.54) is 29.3 Å². The van der Waals surface area contributed by atoms with Crippen LogP contribution >= 0.6 is 15.9 Å². The number of primary sulfonamides is 1. The number of hydrogen-bond acceptors (Lipinski definition) is 6. The van der Waals surface area contributed by atoms with Gasteiger partial charge < -0.3 is 9.47 Å². The maximum absolute atomic E-state index is 13.1. The van der Waals surface area contributed by atoms with Gasteiger partial charge in [-0.05, 0) is 76.5 Å². The summed E-state index contributed by atoms with van der Waals surface area (Å²) >= 11 is 3.54. The molecule has 3 aromatic carbocycles. The number of carbonyl (C=O) groups excluding carboxylic acids is 1. The molecule has 0 radical (unpaired) electrons. The van der Waals surface area contributed by atoms with Crippen molar-refractivity contribution in [3.8, 4) is 11.5 Å². The van der Waals surface area contributed by atoms with Crippen molar-refractivity contribution < 1.29 is 22.7 Å². The smallest absolute Gasteiger partial charge is 0.280 e. The Labute approximate surface area is 211 Å². The highest BCUT2D eigenvalue weighted by Crippen LogP contribution is 2.38. The summed E-state index contributed by atoms with van der Waals surface area (Å²) in [5.74, 6) is 0.723. The highest BCUT2D eigenvalue weighted by molar-refractivity contribution is 9.10. The van der Waals surface area contributed by atoms with Gasteiger partial charge in [-0.25, -0.2) is 13.6 Å². The van der Waals surface area contributed by atoms with Crippen LogP contribution in [0, 0.1) is 0 Å². The van der Waals surface area contributed by atoms with Gasteiger partial charge in [-0.1, -0.05) is 30.3 Å². The zero-order valence-electron chi connectivity index (χ0n) is 18.9. The molecule has 0 aromatic heterocycles. The van der Waals surface area contributed by atoms with E-state index in [-0.39, 0.29) is 10.8 Å². The van der Waals surface area contributed by atoms with Crippen molar-refractivity contribution in [2.24, 2.45) is 10.2 Å². The van der Waals surface area contributed by atoms with Crippen LogP contribution in [0.15, 0.2) is 86.8 Å². The Kier molecular flexibility index (Phi) is 7.06. The molecule has 0 spiro atoms. The molecule has 0 saturated heterocycles. The van der Waals surface area contributed by atoms with E-state index in [9.17, 15) is 13.2 Å². The van der Waals surface area contributed by atoms with Crippen LogP contribution in [0.5, 0.6) is 11.5 Å². The van der Waals surface area contributed by atoms with Gasteiger partial charge in [-0.3, -0.25) is 4.79 Å². The third kappa shape index (κ3) is 5.45. The summed E-state index contributed by atoms with van der Waals surface area (Å²) in [6.45, 7) is 2.10. The molecule has 0 bridgehead atoms. The lowest BCUT2D eigenvalue weighted by molar-refractivity contribution is -0.114. The number of rotatable bonds is 7. The molecule has 3 aromatic rings. The molecule has 0 unspecified atom stereocenters. The molecule has 1 aliphatic heterocycles. The van der Waals surface area contributed by atoms with E-state index in [0.29, 0.717) is 45.1 Å². The molecule has 1 heterocycles. The average molecular weight is 556 g/mol. The zero-order chi connectivity index (χ0) is 25.2. The maximum Gasteiger partial charge on any atom is 0.280 e. The number of nitrogens with two attached hydrogens (primary N) is 1. The van der Waals surface area contributed by atoms with E-state index in [1.807, 2.05) is 36.4 Å². The number of benzene rings is 3. The predicted octanol–water partition coefficient (Wildman–Crippen LogP) is 4.49. The molecule has 1 aliphatic rings. The summed E-state index contributed by atoms with van der Waals surface area (Å²) in [6.07, 6.45) is 1.72. The zero-order valence-corrected chi connectivity index (χ0v) is 21.3. The van der Waals surface area contributed by atoms with Crippen molar-refractivity contribution >= 4 is 49.3 Å². The van der Waals surface area contributed by atoms with Crippen LogP contribution in [-0.4, -0.2) is 27.1 Å². The molecule has 0 fully saturated rings. The molecule has 4 rings (SSSR count). The van der Waals surface area contributed by atoms with E-state index in [2.05, 4.69) is 21.0 Å². The van der Waals surface area contributed by atoms with Crippen molar-refractivity contribution in [1.29, 1.82) is 0 Å². The lowest BCUT2D eigenvalue weighted by Gasteiger charge is -2.14. The van der Waals surface area contributed by atoms with Gasteiger partial charge in [0.25, 0.3) is 5.91 Å². The molecule has 180 valence electrons. The van der Waals surface area contributed by atoms with Crippen LogP contribution in [0.2, 0.25) is 0 Å². The third-order valence-corrected chi connectivity index (χ3v) is 6.78. The summed E-state index contributed by atoms with van der Waals surface area (Å²) in [5.41, 5.74) is 3.07. The van der Waals surface area contributed by atoms with Gasteiger partial charge >= 0.3 is 0 Å². The Morgan fingerprint density at radius 1 is 1.09 bits per heavy atom. The SMILES string of the molecule is COc1cc(C=C2C(=O)N(c3ccc(S(N)(=O)=O)cc3)N=C2C)cc(Br)c1OCc1ccccc1. The van der Waals surface area contributed by atoms with Crippen molar-refractivity contribution in [2.45, 2.75) is 18.4 Å². The second kappa shape index (κ2) is 10.0. The van der Waals surface area contributed by atoms with E-state index in [1.54, 1.807) is 26.2 Å². The first-order chi connectivity index (χ1) is 16.7.